The molecular formula is C39H71BrO2. The molecule has 0 aliphatic carbocycles. The van der Waals surface area contributed by atoms with Crippen molar-refractivity contribution >= 4 is 27.5 Å². The Hall–Kier alpha value is -0.700. The van der Waals surface area contributed by atoms with E-state index in [4.69, 9.17) is 0 Å². The molecule has 0 aromatic carbocycles. The highest BCUT2D eigenvalue weighted by atomic mass is 79.9. The third-order valence-corrected chi connectivity index (χ3v) is 9.00. The molecule has 0 saturated heterocycles. The van der Waals surface area contributed by atoms with Gasteiger partial charge in [0.05, 0.1) is 5.92 Å². The Bertz CT molecular complexity index is 586. The lowest BCUT2D eigenvalue weighted by Gasteiger charge is -2.13. The Balaban J connectivity index is 3.74. The van der Waals surface area contributed by atoms with Gasteiger partial charge < -0.3 is 0 Å². The summed E-state index contributed by atoms with van der Waals surface area (Å²) < 4.78 is 0. The highest BCUT2D eigenvalue weighted by Gasteiger charge is 2.24. The molecule has 0 heterocycles. The number of carbonyl (C=O) groups is 2. The molecule has 0 unspecified atom stereocenters. The fraction of sp³-hybridized carbons (Fsp3) is 0.846. The molecular weight excluding hydrogens is 580 g/mol. The number of ketones is 2. The standard InChI is InChI=1S/C39H71BrO2/c1-3-5-7-9-11-13-15-17-19-21-23-25-27-29-31-33-38(41)37(35-36-40)39(42)34-32-30-28-26-24-22-20-18-16-14-12-10-8-6-4-2/h17-20,37H,3-16,21-36H2,1-2H3. The SMILES string of the molecule is CCCCCCCCC=CCCCCCCCC(=O)C(CCBr)C(=O)CCCCCCCC=CCCCCCCCC. The Kier molecular flexibility index (Phi) is 34.2. The summed E-state index contributed by atoms with van der Waals surface area (Å²) in [6.07, 6.45) is 44.1. The van der Waals surface area contributed by atoms with E-state index in [1.54, 1.807) is 0 Å². The number of Topliss-reactive ketones (excluding diaryl/α,β-unsaturated/α-hetero) is 2. The molecule has 0 rings (SSSR count). The second-order valence-electron chi connectivity index (χ2n) is 12.6. The number of unbranched alkanes of at least 4 members (excludes halogenated alkanes) is 22. The van der Waals surface area contributed by atoms with Crippen molar-refractivity contribution in [3.8, 4) is 0 Å². The summed E-state index contributed by atoms with van der Waals surface area (Å²) >= 11 is 3.47. The first-order chi connectivity index (χ1) is 20.7. The van der Waals surface area contributed by atoms with Gasteiger partial charge in [0, 0.05) is 18.2 Å². The van der Waals surface area contributed by atoms with Gasteiger partial charge >= 0.3 is 0 Å². The molecule has 0 aromatic rings. The van der Waals surface area contributed by atoms with Crippen molar-refractivity contribution in [3.63, 3.8) is 0 Å². The van der Waals surface area contributed by atoms with Gasteiger partial charge in [0.15, 0.2) is 0 Å². The van der Waals surface area contributed by atoms with Gasteiger partial charge in [-0.25, -0.2) is 0 Å². The summed E-state index contributed by atoms with van der Waals surface area (Å²) in [7, 11) is 0. The van der Waals surface area contributed by atoms with Crippen LogP contribution in [0.1, 0.15) is 200 Å². The van der Waals surface area contributed by atoms with Gasteiger partial charge in [0.2, 0.25) is 0 Å². The van der Waals surface area contributed by atoms with Gasteiger partial charge in [-0.2, -0.15) is 0 Å². The van der Waals surface area contributed by atoms with Gasteiger partial charge in [0.1, 0.15) is 11.6 Å². The van der Waals surface area contributed by atoms with Crippen molar-refractivity contribution in [1.29, 1.82) is 0 Å². The van der Waals surface area contributed by atoms with Crippen molar-refractivity contribution in [1.82, 2.24) is 0 Å². The quantitative estimate of drug-likeness (QED) is 0.0300. The maximum atomic E-state index is 12.8. The van der Waals surface area contributed by atoms with E-state index in [9.17, 15) is 9.59 Å². The lowest BCUT2D eigenvalue weighted by molar-refractivity contribution is -0.133. The van der Waals surface area contributed by atoms with E-state index < -0.39 is 0 Å². The molecule has 0 fully saturated rings. The summed E-state index contributed by atoms with van der Waals surface area (Å²) in [5, 5.41) is 0.730. The van der Waals surface area contributed by atoms with E-state index in [0.717, 1.165) is 31.0 Å². The molecule has 0 radical (unpaired) electrons. The average molecular weight is 652 g/mol. The third kappa shape index (κ3) is 29.4. The molecule has 42 heavy (non-hydrogen) atoms. The first-order valence-corrected chi connectivity index (χ1v) is 19.7. The largest absolute Gasteiger partial charge is 0.299 e. The molecule has 2 nitrogen and oxygen atoms in total. The van der Waals surface area contributed by atoms with Crippen molar-refractivity contribution in [2.75, 3.05) is 5.33 Å². The number of hydrogen-bond donors (Lipinski definition) is 0. The minimum absolute atomic E-state index is 0.185. The summed E-state index contributed by atoms with van der Waals surface area (Å²) in [5.74, 6) is -0.00686. The number of rotatable bonds is 34. The van der Waals surface area contributed by atoms with Crippen LogP contribution in [0.5, 0.6) is 0 Å². The summed E-state index contributed by atoms with van der Waals surface area (Å²) in [4.78, 5) is 25.6. The van der Waals surface area contributed by atoms with Crippen LogP contribution in [0.2, 0.25) is 0 Å². The number of carbonyl (C=O) groups excluding carboxylic acids is 2. The molecule has 3 heteroatoms. The Morgan fingerprint density at radius 2 is 0.738 bits per heavy atom. The van der Waals surface area contributed by atoms with Crippen molar-refractivity contribution < 1.29 is 9.59 Å². The minimum atomic E-state index is -0.377. The van der Waals surface area contributed by atoms with Gasteiger partial charge in [-0.15, -0.1) is 0 Å². The summed E-state index contributed by atoms with van der Waals surface area (Å²) in [6, 6.07) is 0. The number of halogens is 1. The second-order valence-corrected chi connectivity index (χ2v) is 13.4. The van der Waals surface area contributed by atoms with Crippen LogP contribution < -0.4 is 0 Å². The Morgan fingerprint density at radius 3 is 1.05 bits per heavy atom. The molecule has 0 atom stereocenters. The predicted octanol–water partition coefficient (Wildman–Crippen LogP) is 13.6. The van der Waals surface area contributed by atoms with Crippen molar-refractivity contribution in [2.45, 2.75) is 200 Å². The minimum Gasteiger partial charge on any atom is -0.299 e. The third-order valence-electron chi connectivity index (χ3n) is 8.55. The first kappa shape index (κ1) is 41.3. The highest BCUT2D eigenvalue weighted by molar-refractivity contribution is 9.09. The van der Waals surface area contributed by atoms with Gasteiger partial charge in [-0.3, -0.25) is 9.59 Å². The van der Waals surface area contributed by atoms with Gasteiger partial charge in [-0.1, -0.05) is 157 Å². The van der Waals surface area contributed by atoms with Crippen LogP contribution in [0.25, 0.3) is 0 Å². The Labute approximate surface area is 271 Å². The number of hydrogen-bond acceptors (Lipinski definition) is 2. The molecule has 0 spiro atoms. The van der Waals surface area contributed by atoms with E-state index in [1.165, 1.54) is 141 Å². The lowest BCUT2D eigenvalue weighted by Crippen LogP contribution is -2.24. The molecule has 0 saturated carbocycles. The van der Waals surface area contributed by atoms with E-state index >= 15 is 0 Å². The number of allylic oxidation sites excluding steroid dienone is 4. The normalized spacial score (nSPS) is 12.5. The molecule has 0 N–H and O–H groups in total. The molecule has 246 valence electrons. The van der Waals surface area contributed by atoms with Crippen LogP contribution in [-0.4, -0.2) is 16.9 Å². The monoisotopic (exact) mass is 650 g/mol. The van der Waals surface area contributed by atoms with Crippen LogP contribution in [0.15, 0.2) is 24.3 Å². The zero-order valence-electron chi connectivity index (χ0n) is 28.3. The van der Waals surface area contributed by atoms with E-state index in [1.807, 2.05) is 0 Å². The fourth-order valence-electron chi connectivity index (χ4n) is 5.70. The highest BCUT2D eigenvalue weighted by Crippen LogP contribution is 2.19. The maximum absolute atomic E-state index is 12.8. The average Bonchev–Trinajstić information content (AvgIpc) is 2.99. The smallest absolute Gasteiger partial charge is 0.143 e. The second kappa shape index (κ2) is 34.8. The maximum Gasteiger partial charge on any atom is 0.143 e. The van der Waals surface area contributed by atoms with Crippen molar-refractivity contribution in [3.05, 3.63) is 24.3 Å². The molecule has 0 aromatic heterocycles. The lowest BCUT2D eigenvalue weighted by atomic mass is 9.89. The van der Waals surface area contributed by atoms with Crippen molar-refractivity contribution in [2.24, 2.45) is 5.92 Å². The van der Waals surface area contributed by atoms with E-state index in [0.29, 0.717) is 19.3 Å². The zero-order valence-corrected chi connectivity index (χ0v) is 29.9. The van der Waals surface area contributed by atoms with Crippen LogP contribution in [0.3, 0.4) is 0 Å². The summed E-state index contributed by atoms with van der Waals surface area (Å²) in [6.45, 7) is 4.54. The van der Waals surface area contributed by atoms with Crippen LogP contribution in [0, 0.1) is 5.92 Å². The molecule has 0 amide bonds. The summed E-state index contributed by atoms with van der Waals surface area (Å²) in [5.41, 5.74) is 0. The van der Waals surface area contributed by atoms with Crippen LogP contribution >= 0.6 is 15.9 Å². The molecule has 0 bridgehead atoms. The van der Waals surface area contributed by atoms with Gasteiger partial charge in [0.25, 0.3) is 0 Å². The molecule has 0 aliphatic heterocycles. The fourth-order valence-corrected chi connectivity index (χ4v) is 6.16. The predicted molar refractivity (Wildman–Crippen MR) is 191 cm³/mol. The molecule has 0 aliphatic rings. The van der Waals surface area contributed by atoms with E-state index in [2.05, 4.69) is 54.1 Å². The Morgan fingerprint density at radius 1 is 0.452 bits per heavy atom. The topological polar surface area (TPSA) is 34.1 Å². The van der Waals surface area contributed by atoms with E-state index in [-0.39, 0.29) is 17.5 Å². The first-order valence-electron chi connectivity index (χ1n) is 18.6. The van der Waals surface area contributed by atoms with Crippen LogP contribution in [-0.2, 0) is 9.59 Å². The zero-order chi connectivity index (χ0) is 30.8. The van der Waals surface area contributed by atoms with Crippen LogP contribution in [0.4, 0.5) is 0 Å². The van der Waals surface area contributed by atoms with Gasteiger partial charge in [-0.05, 0) is 70.6 Å². The number of alkyl halides is 1.